The van der Waals surface area contributed by atoms with E-state index in [2.05, 4.69) is 23.8 Å². The van der Waals surface area contributed by atoms with E-state index in [-0.39, 0.29) is 5.82 Å². The maximum Gasteiger partial charge on any atom is 0.151 e. The van der Waals surface area contributed by atoms with E-state index in [1.54, 1.807) is 6.07 Å². The molecule has 1 N–H and O–H groups in total. The molecule has 0 atom stereocenters. The van der Waals surface area contributed by atoms with Crippen molar-refractivity contribution in [2.75, 3.05) is 0 Å². The van der Waals surface area contributed by atoms with Crippen LogP contribution in [-0.4, -0.2) is 9.97 Å². The van der Waals surface area contributed by atoms with Crippen molar-refractivity contribution in [3.05, 3.63) is 29.8 Å². The minimum atomic E-state index is -0.239. The van der Waals surface area contributed by atoms with Crippen LogP contribution in [0.1, 0.15) is 51.3 Å². The van der Waals surface area contributed by atoms with E-state index < -0.39 is 0 Å². The van der Waals surface area contributed by atoms with E-state index in [1.807, 2.05) is 6.07 Å². The minimum absolute atomic E-state index is 0.239. The number of hydrogen-bond acceptors (Lipinski definition) is 1. The van der Waals surface area contributed by atoms with Crippen molar-refractivity contribution >= 4 is 11.0 Å². The summed E-state index contributed by atoms with van der Waals surface area (Å²) in [5.74, 6) is 1.13. The second kappa shape index (κ2) is 5.30. The van der Waals surface area contributed by atoms with Crippen molar-refractivity contribution in [2.45, 2.75) is 45.4 Å². The molecule has 0 saturated heterocycles. The Morgan fingerprint density at radius 3 is 2.53 bits per heavy atom. The van der Waals surface area contributed by atoms with Gasteiger partial charge in [0.25, 0.3) is 0 Å². The first-order valence-electron chi connectivity index (χ1n) is 6.40. The van der Waals surface area contributed by atoms with Crippen LogP contribution in [-0.2, 0) is 0 Å². The fourth-order valence-electron chi connectivity index (χ4n) is 2.32. The molecule has 92 valence electrons. The largest absolute Gasteiger partial charge is 0.342 e. The highest BCUT2D eigenvalue weighted by Crippen LogP contribution is 2.26. The molecule has 1 heterocycles. The van der Waals surface area contributed by atoms with Crippen molar-refractivity contribution in [3.8, 4) is 0 Å². The zero-order valence-electron chi connectivity index (χ0n) is 10.5. The average Bonchev–Trinajstić information content (AvgIpc) is 2.74. The number of halogens is 1. The van der Waals surface area contributed by atoms with E-state index in [4.69, 9.17) is 0 Å². The van der Waals surface area contributed by atoms with Gasteiger partial charge in [-0.15, -0.1) is 0 Å². The summed E-state index contributed by atoms with van der Waals surface area (Å²) in [6.07, 6.45) is 4.47. The lowest BCUT2D eigenvalue weighted by Gasteiger charge is -2.11. The summed E-state index contributed by atoms with van der Waals surface area (Å²) in [6, 6.07) is 5.06. The van der Waals surface area contributed by atoms with Crippen molar-refractivity contribution < 1.29 is 4.39 Å². The van der Waals surface area contributed by atoms with Crippen LogP contribution < -0.4 is 0 Å². The molecule has 2 nitrogen and oxygen atoms in total. The third-order valence-corrected chi connectivity index (χ3v) is 3.14. The molecule has 0 aliphatic carbocycles. The zero-order valence-corrected chi connectivity index (χ0v) is 10.5. The Morgan fingerprint density at radius 1 is 1.24 bits per heavy atom. The van der Waals surface area contributed by atoms with Gasteiger partial charge < -0.3 is 4.98 Å². The van der Waals surface area contributed by atoms with Crippen molar-refractivity contribution in [1.82, 2.24) is 9.97 Å². The fourth-order valence-corrected chi connectivity index (χ4v) is 2.32. The lowest BCUT2D eigenvalue weighted by Crippen LogP contribution is -2.00. The van der Waals surface area contributed by atoms with Crippen LogP contribution in [0.2, 0.25) is 0 Å². The lowest BCUT2D eigenvalue weighted by atomic mass is 9.98. The molecule has 0 fully saturated rings. The molecule has 0 saturated carbocycles. The number of rotatable bonds is 5. The van der Waals surface area contributed by atoms with E-state index in [9.17, 15) is 4.39 Å². The van der Waals surface area contributed by atoms with Crippen LogP contribution in [0.4, 0.5) is 4.39 Å². The molecule has 1 aromatic carbocycles. The zero-order chi connectivity index (χ0) is 12.3. The van der Waals surface area contributed by atoms with Gasteiger partial charge in [-0.1, -0.05) is 32.8 Å². The van der Waals surface area contributed by atoms with Gasteiger partial charge in [-0.3, -0.25) is 0 Å². The third-order valence-electron chi connectivity index (χ3n) is 3.14. The second-order valence-electron chi connectivity index (χ2n) is 4.53. The molecular weight excluding hydrogens is 215 g/mol. The number of aromatic nitrogens is 2. The van der Waals surface area contributed by atoms with Crippen molar-refractivity contribution in [2.24, 2.45) is 0 Å². The normalized spacial score (nSPS) is 11.5. The minimum Gasteiger partial charge on any atom is -0.342 e. The molecule has 0 aliphatic rings. The molecule has 17 heavy (non-hydrogen) atoms. The Bertz CT molecular complexity index is 484. The lowest BCUT2D eigenvalue weighted by molar-refractivity contribution is 0.539. The highest BCUT2D eigenvalue weighted by molar-refractivity contribution is 5.75. The summed E-state index contributed by atoms with van der Waals surface area (Å²) in [5.41, 5.74) is 1.27. The van der Waals surface area contributed by atoms with Gasteiger partial charge in [0, 0.05) is 5.92 Å². The van der Waals surface area contributed by atoms with Crippen LogP contribution >= 0.6 is 0 Å². The first kappa shape index (κ1) is 12.1. The van der Waals surface area contributed by atoms with Crippen molar-refractivity contribution in [1.29, 1.82) is 0 Å². The molecule has 0 radical (unpaired) electrons. The molecule has 0 amide bonds. The Hall–Kier alpha value is -1.38. The van der Waals surface area contributed by atoms with E-state index in [1.165, 1.54) is 6.07 Å². The molecule has 1 aromatic heterocycles. The maximum absolute atomic E-state index is 13.6. The first-order valence-corrected chi connectivity index (χ1v) is 6.40. The van der Waals surface area contributed by atoms with Crippen LogP contribution in [0.15, 0.2) is 18.2 Å². The molecular formula is C14H19FN2. The molecule has 2 aromatic rings. The number of fused-ring (bicyclic) bond motifs is 1. The standard InChI is InChI=1S/C14H19FN2/c1-3-6-10(7-4-2)14-16-12-9-5-8-11(15)13(12)17-14/h5,8-10H,3-4,6-7H2,1-2H3,(H,16,17). The SMILES string of the molecule is CCCC(CCC)c1nc2c(F)cccc2[nH]1. The first-order chi connectivity index (χ1) is 8.26. The van der Waals surface area contributed by atoms with Crippen LogP contribution in [0, 0.1) is 5.82 Å². The van der Waals surface area contributed by atoms with Gasteiger partial charge in [0.2, 0.25) is 0 Å². The topological polar surface area (TPSA) is 28.7 Å². The summed E-state index contributed by atoms with van der Waals surface area (Å²) in [6.45, 7) is 4.35. The molecule has 0 unspecified atom stereocenters. The summed E-state index contributed by atoms with van der Waals surface area (Å²) in [4.78, 5) is 7.67. The Kier molecular flexibility index (Phi) is 3.77. The fraction of sp³-hybridized carbons (Fsp3) is 0.500. The van der Waals surface area contributed by atoms with Crippen LogP contribution in [0.3, 0.4) is 0 Å². The molecule has 3 heteroatoms. The molecule has 2 rings (SSSR count). The monoisotopic (exact) mass is 234 g/mol. The molecule has 0 spiro atoms. The Labute approximate surface area is 101 Å². The number of aromatic amines is 1. The van der Waals surface area contributed by atoms with Gasteiger partial charge in [-0.2, -0.15) is 0 Å². The van der Waals surface area contributed by atoms with Crippen LogP contribution in [0.5, 0.6) is 0 Å². The van der Waals surface area contributed by atoms with Gasteiger partial charge in [-0.25, -0.2) is 9.37 Å². The number of H-pyrrole nitrogens is 1. The smallest absolute Gasteiger partial charge is 0.151 e. The summed E-state index contributed by atoms with van der Waals surface area (Å²) in [5, 5.41) is 0. The molecule has 0 bridgehead atoms. The van der Waals surface area contributed by atoms with Gasteiger partial charge >= 0.3 is 0 Å². The number of hydrogen-bond donors (Lipinski definition) is 1. The van der Waals surface area contributed by atoms with Gasteiger partial charge in [0.05, 0.1) is 5.52 Å². The highest BCUT2D eigenvalue weighted by atomic mass is 19.1. The second-order valence-corrected chi connectivity index (χ2v) is 4.53. The predicted octanol–water partition coefficient (Wildman–Crippen LogP) is 4.39. The number of nitrogens with zero attached hydrogens (tertiary/aromatic N) is 1. The Balaban J connectivity index is 2.36. The highest BCUT2D eigenvalue weighted by Gasteiger charge is 2.15. The predicted molar refractivity (Wildman–Crippen MR) is 68.6 cm³/mol. The van der Waals surface area contributed by atoms with E-state index >= 15 is 0 Å². The number of imidazole rings is 1. The number of nitrogens with one attached hydrogen (secondary N) is 1. The number of benzene rings is 1. The summed E-state index contributed by atoms with van der Waals surface area (Å²) in [7, 11) is 0. The van der Waals surface area contributed by atoms with Gasteiger partial charge in [-0.05, 0) is 25.0 Å². The Morgan fingerprint density at radius 2 is 1.94 bits per heavy atom. The average molecular weight is 234 g/mol. The maximum atomic E-state index is 13.6. The number of para-hydroxylation sites is 1. The van der Waals surface area contributed by atoms with E-state index in [0.717, 1.165) is 37.0 Å². The quantitative estimate of drug-likeness (QED) is 0.816. The molecule has 0 aliphatic heterocycles. The van der Waals surface area contributed by atoms with Crippen LogP contribution in [0.25, 0.3) is 11.0 Å². The summed E-state index contributed by atoms with van der Waals surface area (Å²) < 4.78 is 13.6. The van der Waals surface area contributed by atoms with E-state index in [0.29, 0.717) is 11.4 Å². The van der Waals surface area contributed by atoms with Gasteiger partial charge in [0.15, 0.2) is 5.82 Å². The summed E-state index contributed by atoms with van der Waals surface area (Å²) >= 11 is 0. The van der Waals surface area contributed by atoms with Crippen molar-refractivity contribution in [3.63, 3.8) is 0 Å². The van der Waals surface area contributed by atoms with Gasteiger partial charge in [0.1, 0.15) is 11.3 Å². The third kappa shape index (κ3) is 2.48.